The molecule has 2 rings (SSSR count). The van der Waals surface area contributed by atoms with Gasteiger partial charge < -0.3 is 4.90 Å². The summed E-state index contributed by atoms with van der Waals surface area (Å²) in [7, 11) is -3.57. The smallest absolute Gasteiger partial charge is 0.232 e. The molecule has 1 aromatic carbocycles. The van der Waals surface area contributed by atoms with E-state index in [-0.39, 0.29) is 24.4 Å². The molecule has 1 aromatic rings. The van der Waals surface area contributed by atoms with Crippen LogP contribution in [-0.2, 0) is 14.8 Å². The van der Waals surface area contributed by atoms with Crippen LogP contribution < -0.4 is 4.31 Å². The zero-order chi connectivity index (χ0) is 17.7. The van der Waals surface area contributed by atoms with Crippen molar-refractivity contribution in [2.24, 2.45) is 5.92 Å². The number of carbonyl (C=O) groups is 1. The maximum absolute atomic E-state index is 12.4. The predicted molar refractivity (Wildman–Crippen MR) is 92.9 cm³/mol. The third kappa shape index (κ3) is 4.48. The first-order valence-electron chi connectivity index (χ1n) is 8.07. The van der Waals surface area contributed by atoms with Gasteiger partial charge in [-0.25, -0.2) is 8.42 Å². The number of anilines is 1. The van der Waals surface area contributed by atoms with E-state index in [1.54, 1.807) is 29.2 Å². The number of amides is 1. The first-order chi connectivity index (χ1) is 11.3. The maximum Gasteiger partial charge on any atom is 0.232 e. The van der Waals surface area contributed by atoms with E-state index in [2.05, 4.69) is 6.92 Å². The SMILES string of the molecule is CC1CCN(C(=O)CCN(c2ccccc2C#N)S(C)(=O)=O)CC1. The van der Waals surface area contributed by atoms with Crippen LogP contribution in [0.5, 0.6) is 0 Å². The minimum absolute atomic E-state index is 0.0370. The van der Waals surface area contributed by atoms with Gasteiger partial charge >= 0.3 is 0 Å². The van der Waals surface area contributed by atoms with Crippen molar-refractivity contribution in [3.05, 3.63) is 29.8 Å². The highest BCUT2D eigenvalue weighted by molar-refractivity contribution is 7.92. The number of carbonyl (C=O) groups excluding carboxylic acids is 1. The maximum atomic E-state index is 12.4. The number of sulfonamides is 1. The number of para-hydroxylation sites is 1. The quantitative estimate of drug-likeness (QED) is 0.814. The Balaban J connectivity index is 2.11. The van der Waals surface area contributed by atoms with E-state index in [0.29, 0.717) is 11.6 Å². The summed E-state index contributed by atoms with van der Waals surface area (Å²) in [6, 6.07) is 8.53. The normalized spacial score (nSPS) is 15.8. The van der Waals surface area contributed by atoms with Gasteiger partial charge in [0.15, 0.2) is 0 Å². The molecule has 0 bridgehead atoms. The summed E-state index contributed by atoms with van der Waals surface area (Å²) in [5.41, 5.74) is 0.602. The standard InChI is InChI=1S/C17H23N3O3S/c1-14-7-10-19(11-8-14)17(21)9-12-20(24(2,22)23)16-6-4-3-5-15(16)13-18/h3-6,14H,7-12H2,1-2H3. The molecule has 24 heavy (non-hydrogen) atoms. The van der Waals surface area contributed by atoms with Gasteiger partial charge in [0.2, 0.25) is 15.9 Å². The molecule has 0 aliphatic carbocycles. The van der Waals surface area contributed by atoms with Crippen molar-refractivity contribution in [2.45, 2.75) is 26.2 Å². The molecular formula is C17H23N3O3S. The minimum atomic E-state index is -3.57. The third-order valence-electron chi connectivity index (χ3n) is 4.36. The Morgan fingerprint density at radius 3 is 2.54 bits per heavy atom. The predicted octanol–water partition coefficient (Wildman–Crippen LogP) is 1.97. The number of hydrogen-bond donors (Lipinski definition) is 0. The molecular weight excluding hydrogens is 326 g/mol. The molecule has 1 heterocycles. The van der Waals surface area contributed by atoms with Crippen LogP contribution in [0, 0.1) is 17.2 Å². The summed E-state index contributed by atoms with van der Waals surface area (Å²) in [4.78, 5) is 14.2. The second kappa shape index (κ2) is 7.67. The van der Waals surface area contributed by atoms with Crippen LogP contribution in [0.2, 0.25) is 0 Å². The molecule has 0 N–H and O–H groups in total. The fourth-order valence-electron chi connectivity index (χ4n) is 2.86. The lowest BCUT2D eigenvalue weighted by molar-refractivity contribution is -0.132. The van der Waals surface area contributed by atoms with Gasteiger partial charge in [-0.05, 0) is 30.9 Å². The second-order valence-electron chi connectivity index (χ2n) is 6.28. The van der Waals surface area contributed by atoms with Crippen LogP contribution in [0.25, 0.3) is 0 Å². The topological polar surface area (TPSA) is 81.5 Å². The summed E-state index contributed by atoms with van der Waals surface area (Å²) < 4.78 is 25.4. The van der Waals surface area contributed by atoms with E-state index in [0.717, 1.165) is 36.5 Å². The number of hydrogen-bond acceptors (Lipinski definition) is 4. The molecule has 1 fully saturated rings. The van der Waals surface area contributed by atoms with Gasteiger partial charge in [-0.2, -0.15) is 5.26 Å². The number of nitrogens with zero attached hydrogens (tertiary/aromatic N) is 3. The molecule has 7 heteroatoms. The Labute approximate surface area is 143 Å². The van der Waals surface area contributed by atoms with Crippen molar-refractivity contribution in [3.63, 3.8) is 0 Å². The molecule has 1 amide bonds. The lowest BCUT2D eigenvalue weighted by atomic mass is 9.99. The van der Waals surface area contributed by atoms with Crippen molar-refractivity contribution >= 4 is 21.6 Å². The van der Waals surface area contributed by atoms with E-state index in [4.69, 9.17) is 0 Å². The lowest BCUT2D eigenvalue weighted by Crippen LogP contribution is -2.40. The number of nitriles is 1. The van der Waals surface area contributed by atoms with Gasteiger partial charge in [-0.3, -0.25) is 9.10 Å². The largest absolute Gasteiger partial charge is 0.343 e. The Kier molecular flexibility index (Phi) is 5.84. The summed E-state index contributed by atoms with van der Waals surface area (Å²) in [6.45, 7) is 3.68. The first-order valence-corrected chi connectivity index (χ1v) is 9.92. The van der Waals surface area contributed by atoms with Crippen LogP contribution in [0.3, 0.4) is 0 Å². The molecule has 6 nitrogen and oxygen atoms in total. The highest BCUT2D eigenvalue weighted by Gasteiger charge is 2.24. The van der Waals surface area contributed by atoms with Gasteiger partial charge in [0, 0.05) is 26.1 Å². The van der Waals surface area contributed by atoms with Gasteiger partial charge in [-0.1, -0.05) is 19.1 Å². The minimum Gasteiger partial charge on any atom is -0.343 e. The van der Waals surface area contributed by atoms with E-state index < -0.39 is 10.0 Å². The van der Waals surface area contributed by atoms with Crippen molar-refractivity contribution in [1.82, 2.24) is 4.90 Å². The molecule has 0 aromatic heterocycles. The Bertz CT molecular complexity index is 732. The molecule has 1 aliphatic heterocycles. The molecule has 0 atom stereocenters. The molecule has 1 aliphatic rings. The highest BCUT2D eigenvalue weighted by atomic mass is 32.2. The zero-order valence-electron chi connectivity index (χ0n) is 14.1. The van der Waals surface area contributed by atoms with E-state index >= 15 is 0 Å². The summed E-state index contributed by atoms with van der Waals surface area (Å²) in [5, 5.41) is 9.19. The van der Waals surface area contributed by atoms with Crippen LogP contribution >= 0.6 is 0 Å². The fourth-order valence-corrected chi connectivity index (χ4v) is 3.80. The van der Waals surface area contributed by atoms with Crippen molar-refractivity contribution < 1.29 is 13.2 Å². The molecule has 1 saturated heterocycles. The molecule has 0 radical (unpaired) electrons. The number of piperidine rings is 1. The van der Waals surface area contributed by atoms with Crippen LogP contribution in [0.15, 0.2) is 24.3 Å². The van der Waals surface area contributed by atoms with E-state index in [1.165, 1.54) is 0 Å². The first kappa shape index (κ1) is 18.3. The average Bonchev–Trinajstić information content (AvgIpc) is 2.54. The monoisotopic (exact) mass is 349 g/mol. The Morgan fingerprint density at radius 1 is 1.33 bits per heavy atom. The summed E-state index contributed by atoms with van der Waals surface area (Å²) in [6.07, 6.45) is 3.17. The Hall–Kier alpha value is -2.07. The van der Waals surface area contributed by atoms with Crippen molar-refractivity contribution in [1.29, 1.82) is 5.26 Å². The number of rotatable bonds is 5. The number of benzene rings is 1. The van der Waals surface area contributed by atoms with Gasteiger partial charge in [0.05, 0.1) is 17.5 Å². The summed E-state index contributed by atoms with van der Waals surface area (Å²) in [5.74, 6) is 0.592. The second-order valence-corrected chi connectivity index (χ2v) is 8.18. The van der Waals surface area contributed by atoms with Crippen molar-refractivity contribution in [2.75, 3.05) is 30.2 Å². The van der Waals surface area contributed by atoms with Gasteiger partial charge in [0.1, 0.15) is 6.07 Å². The lowest BCUT2D eigenvalue weighted by Gasteiger charge is -2.31. The Morgan fingerprint density at radius 2 is 1.96 bits per heavy atom. The van der Waals surface area contributed by atoms with Crippen LogP contribution in [0.4, 0.5) is 5.69 Å². The molecule has 130 valence electrons. The zero-order valence-corrected chi connectivity index (χ0v) is 14.9. The van der Waals surface area contributed by atoms with Gasteiger partial charge in [-0.15, -0.1) is 0 Å². The van der Waals surface area contributed by atoms with Gasteiger partial charge in [0.25, 0.3) is 0 Å². The summed E-state index contributed by atoms with van der Waals surface area (Å²) >= 11 is 0. The van der Waals surface area contributed by atoms with E-state index in [9.17, 15) is 18.5 Å². The average molecular weight is 349 g/mol. The van der Waals surface area contributed by atoms with Crippen LogP contribution in [0.1, 0.15) is 31.7 Å². The highest BCUT2D eigenvalue weighted by Crippen LogP contribution is 2.23. The van der Waals surface area contributed by atoms with Crippen LogP contribution in [-0.4, -0.2) is 45.1 Å². The molecule has 0 spiro atoms. The number of likely N-dealkylation sites (tertiary alicyclic amines) is 1. The van der Waals surface area contributed by atoms with Crippen molar-refractivity contribution in [3.8, 4) is 6.07 Å². The molecule has 0 saturated carbocycles. The third-order valence-corrected chi connectivity index (χ3v) is 5.54. The fraction of sp³-hybridized carbons (Fsp3) is 0.529. The molecule has 0 unspecified atom stereocenters. The van der Waals surface area contributed by atoms with E-state index in [1.807, 2.05) is 6.07 Å².